The highest BCUT2D eigenvalue weighted by molar-refractivity contribution is 6.01. The first kappa shape index (κ1) is 23.9. The summed E-state index contributed by atoms with van der Waals surface area (Å²) in [6.07, 6.45) is 1.34. The quantitative estimate of drug-likeness (QED) is 0.376. The van der Waals surface area contributed by atoms with Crippen LogP contribution in [0.4, 0.5) is 5.69 Å². The van der Waals surface area contributed by atoms with Crippen molar-refractivity contribution in [2.75, 3.05) is 19.0 Å². The van der Waals surface area contributed by atoms with Crippen molar-refractivity contribution in [3.63, 3.8) is 0 Å². The van der Waals surface area contributed by atoms with Crippen LogP contribution in [0.1, 0.15) is 36.4 Å². The summed E-state index contributed by atoms with van der Waals surface area (Å²) in [6.45, 7) is 8.61. The lowest BCUT2D eigenvalue weighted by molar-refractivity contribution is -0.148. The van der Waals surface area contributed by atoms with Gasteiger partial charge in [0, 0.05) is 30.7 Å². The Bertz CT molecular complexity index is 997. The lowest BCUT2D eigenvalue weighted by Crippen LogP contribution is -2.30. The highest BCUT2D eigenvalue weighted by Crippen LogP contribution is 2.19. The van der Waals surface area contributed by atoms with E-state index in [1.807, 2.05) is 45.0 Å². The van der Waals surface area contributed by atoms with E-state index < -0.39 is 18.0 Å². The monoisotopic (exact) mass is 423 g/mol. The van der Waals surface area contributed by atoms with E-state index in [4.69, 9.17) is 9.47 Å². The largest absolute Gasteiger partial charge is 0.448 e. The molecule has 1 heterocycles. The Morgan fingerprint density at radius 2 is 1.94 bits per heavy atom. The molecule has 1 atom stereocenters. The number of nitrogens with one attached hydrogen (secondary N) is 1. The van der Waals surface area contributed by atoms with E-state index >= 15 is 0 Å². The van der Waals surface area contributed by atoms with Crippen LogP contribution in [0.15, 0.2) is 35.9 Å². The van der Waals surface area contributed by atoms with Gasteiger partial charge in [-0.25, -0.2) is 4.79 Å². The molecule has 1 N–H and O–H groups in total. The summed E-state index contributed by atoms with van der Waals surface area (Å²) in [6, 6.07) is 11.2. The number of nitrogens with zero attached hydrogens (tertiary/aromatic N) is 2. The summed E-state index contributed by atoms with van der Waals surface area (Å²) in [5.74, 6) is -1.30. The van der Waals surface area contributed by atoms with Crippen LogP contribution in [-0.4, -0.2) is 36.3 Å². The van der Waals surface area contributed by atoms with Gasteiger partial charge in [0.25, 0.3) is 5.91 Å². The van der Waals surface area contributed by atoms with Gasteiger partial charge in [-0.15, -0.1) is 0 Å². The molecule has 2 aromatic rings. The van der Waals surface area contributed by atoms with Crippen LogP contribution in [0.25, 0.3) is 6.08 Å². The molecular formula is C24H29N3O4. The molecule has 0 saturated heterocycles. The average molecular weight is 424 g/mol. The Labute approximate surface area is 183 Å². The summed E-state index contributed by atoms with van der Waals surface area (Å²) in [7, 11) is 1.64. The summed E-state index contributed by atoms with van der Waals surface area (Å²) >= 11 is 0. The van der Waals surface area contributed by atoms with E-state index in [9.17, 15) is 14.9 Å². The van der Waals surface area contributed by atoms with Gasteiger partial charge in [0.1, 0.15) is 11.6 Å². The van der Waals surface area contributed by atoms with E-state index in [1.54, 1.807) is 19.2 Å². The second kappa shape index (κ2) is 11.1. The molecule has 0 aliphatic rings. The highest BCUT2D eigenvalue weighted by Gasteiger charge is 2.21. The summed E-state index contributed by atoms with van der Waals surface area (Å²) in [5.41, 5.74) is 4.26. The van der Waals surface area contributed by atoms with Crippen molar-refractivity contribution in [1.29, 1.82) is 5.26 Å². The van der Waals surface area contributed by atoms with Crippen molar-refractivity contribution in [3.05, 3.63) is 58.4 Å². The Morgan fingerprint density at radius 3 is 2.52 bits per heavy atom. The molecule has 0 radical (unpaired) electrons. The molecular weight excluding hydrogens is 394 g/mol. The van der Waals surface area contributed by atoms with Gasteiger partial charge in [-0.05, 0) is 62.6 Å². The molecule has 0 unspecified atom stereocenters. The van der Waals surface area contributed by atoms with Crippen molar-refractivity contribution in [2.45, 2.75) is 46.8 Å². The number of esters is 1. The van der Waals surface area contributed by atoms with E-state index in [0.29, 0.717) is 18.8 Å². The molecule has 1 aromatic heterocycles. The SMILES string of the molecule is CCc1ccc(NC(=O)[C@H](C)OC(=O)/C(C#N)=C/c2cc(C)n(CCOC)c2C)cc1. The Hall–Kier alpha value is -3.37. The van der Waals surface area contributed by atoms with Gasteiger partial charge in [-0.3, -0.25) is 4.79 Å². The molecule has 31 heavy (non-hydrogen) atoms. The zero-order chi connectivity index (χ0) is 23.0. The van der Waals surface area contributed by atoms with Gasteiger partial charge in [-0.2, -0.15) is 5.26 Å². The van der Waals surface area contributed by atoms with Crippen molar-refractivity contribution >= 4 is 23.6 Å². The molecule has 7 nitrogen and oxygen atoms in total. The third-order valence-corrected chi connectivity index (χ3v) is 5.05. The summed E-state index contributed by atoms with van der Waals surface area (Å²) in [4.78, 5) is 24.9. The van der Waals surface area contributed by atoms with Crippen LogP contribution < -0.4 is 5.32 Å². The third kappa shape index (κ3) is 6.30. The standard InChI is InChI=1S/C24H29N3O4/c1-6-19-7-9-22(10-8-19)26-23(28)18(4)31-24(29)21(15-25)14-20-13-16(2)27(17(20)3)11-12-30-5/h7-10,13-14,18H,6,11-12H2,1-5H3,(H,26,28)/b21-14+/t18-/m0/s1. The molecule has 1 amide bonds. The number of benzene rings is 1. The molecule has 0 fully saturated rings. The maximum absolute atomic E-state index is 12.5. The predicted molar refractivity (Wildman–Crippen MR) is 119 cm³/mol. The second-order valence-electron chi connectivity index (χ2n) is 7.23. The first-order chi connectivity index (χ1) is 14.8. The number of hydrogen-bond donors (Lipinski definition) is 1. The van der Waals surface area contributed by atoms with E-state index in [0.717, 1.165) is 28.9 Å². The van der Waals surface area contributed by atoms with Crippen molar-refractivity contribution in [1.82, 2.24) is 4.57 Å². The third-order valence-electron chi connectivity index (χ3n) is 5.05. The van der Waals surface area contributed by atoms with Crippen molar-refractivity contribution < 1.29 is 19.1 Å². The molecule has 0 aliphatic carbocycles. The second-order valence-corrected chi connectivity index (χ2v) is 7.23. The zero-order valence-corrected chi connectivity index (χ0v) is 18.7. The molecule has 164 valence electrons. The number of carbonyl (C=O) groups excluding carboxylic acids is 2. The fourth-order valence-electron chi connectivity index (χ4n) is 3.14. The van der Waals surface area contributed by atoms with E-state index in [-0.39, 0.29) is 5.57 Å². The molecule has 0 spiro atoms. The number of carbonyl (C=O) groups is 2. The Balaban J connectivity index is 2.08. The average Bonchev–Trinajstić information content (AvgIpc) is 3.03. The maximum atomic E-state index is 12.5. The number of rotatable bonds is 9. The molecule has 2 rings (SSSR count). The van der Waals surface area contributed by atoms with Crippen LogP contribution in [0.2, 0.25) is 0 Å². The van der Waals surface area contributed by atoms with Crippen LogP contribution in [0.3, 0.4) is 0 Å². The number of ether oxygens (including phenoxy) is 2. The smallest absolute Gasteiger partial charge is 0.349 e. The van der Waals surface area contributed by atoms with Gasteiger partial charge in [0.05, 0.1) is 6.61 Å². The molecule has 0 bridgehead atoms. The highest BCUT2D eigenvalue weighted by atomic mass is 16.5. The Kier molecular flexibility index (Phi) is 8.59. The number of aromatic nitrogens is 1. The van der Waals surface area contributed by atoms with Crippen LogP contribution >= 0.6 is 0 Å². The van der Waals surface area contributed by atoms with Gasteiger partial charge < -0.3 is 19.4 Å². The normalized spacial score (nSPS) is 12.2. The lowest BCUT2D eigenvalue weighted by atomic mass is 10.1. The first-order valence-electron chi connectivity index (χ1n) is 10.2. The number of anilines is 1. The Morgan fingerprint density at radius 1 is 1.26 bits per heavy atom. The van der Waals surface area contributed by atoms with Crippen LogP contribution in [0.5, 0.6) is 0 Å². The first-order valence-corrected chi connectivity index (χ1v) is 10.2. The number of aryl methyl sites for hydroxylation is 2. The topological polar surface area (TPSA) is 93.4 Å². The summed E-state index contributed by atoms with van der Waals surface area (Å²) in [5, 5.41) is 12.2. The molecule has 7 heteroatoms. The number of nitriles is 1. The number of hydrogen-bond acceptors (Lipinski definition) is 5. The minimum absolute atomic E-state index is 0.168. The minimum Gasteiger partial charge on any atom is -0.448 e. The predicted octanol–water partition coefficient (Wildman–Crippen LogP) is 3.79. The van der Waals surface area contributed by atoms with Gasteiger partial charge >= 0.3 is 5.97 Å². The van der Waals surface area contributed by atoms with E-state index in [2.05, 4.69) is 9.88 Å². The maximum Gasteiger partial charge on any atom is 0.349 e. The van der Waals surface area contributed by atoms with Crippen LogP contribution in [0, 0.1) is 25.2 Å². The number of methoxy groups -OCH3 is 1. The number of amides is 1. The van der Waals surface area contributed by atoms with Crippen molar-refractivity contribution in [2.24, 2.45) is 0 Å². The fourth-order valence-corrected chi connectivity index (χ4v) is 3.14. The van der Waals surface area contributed by atoms with Gasteiger partial charge in [0.15, 0.2) is 6.10 Å². The lowest BCUT2D eigenvalue weighted by Gasteiger charge is -2.13. The summed E-state index contributed by atoms with van der Waals surface area (Å²) < 4.78 is 12.4. The minimum atomic E-state index is -1.05. The molecule has 1 aromatic carbocycles. The van der Waals surface area contributed by atoms with Crippen LogP contribution in [-0.2, 0) is 32.0 Å². The fraction of sp³-hybridized carbons (Fsp3) is 0.375. The molecule has 0 aliphatic heterocycles. The van der Waals surface area contributed by atoms with Gasteiger partial charge in [0.2, 0.25) is 0 Å². The molecule has 0 saturated carbocycles. The van der Waals surface area contributed by atoms with Crippen molar-refractivity contribution in [3.8, 4) is 6.07 Å². The van der Waals surface area contributed by atoms with E-state index in [1.165, 1.54) is 13.0 Å². The zero-order valence-electron chi connectivity index (χ0n) is 18.7. The van der Waals surface area contributed by atoms with Gasteiger partial charge in [-0.1, -0.05) is 19.1 Å².